The fraction of sp³-hybridized carbons (Fsp3) is 0.364. The highest BCUT2D eigenvalue weighted by Gasteiger charge is 2.21. The molecular formula is C22H27ClFN5O2. The van der Waals surface area contributed by atoms with Gasteiger partial charge >= 0.3 is 0 Å². The largest absolute Gasteiger partial charge is 0.496 e. The number of allylic oxidation sites excluding steroid dienone is 1. The summed E-state index contributed by atoms with van der Waals surface area (Å²) in [6.45, 7) is 3.64. The number of nitrogens with zero attached hydrogens (tertiary/aromatic N) is 2. The van der Waals surface area contributed by atoms with E-state index in [-0.39, 0.29) is 16.9 Å². The fourth-order valence-electron chi connectivity index (χ4n) is 3.42. The molecule has 5 N–H and O–H groups in total. The number of aromatic nitrogens is 1. The number of halogens is 2. The minimum Gasteiger partial charge on any atom is -0.496 e. The van der Waals surface area contributed by atoms with Crippen LogP contribution in [0.25, 0.3) is 5.57 Å². The molecule has 0 saturated carbocycles. The second kappa shape index (κ2) is 10.5. The zero-order valence-corrected chi connectivity index (χ0v) is 18.3. The number of benzene rings is 1. The summed E-state index contributed by atoms with van der Waals surface area (Å²) in [5.41, 5.74) is 13.6. The highest BCUT2D eigenvalue weighted by molar-refractivity contribution is 6.31. The first kappa shape index (κ1) is 22.8. The summed E-state index contributed by atoms with van der Waals surface area (Å²) in [5.74, 6) is 0.365. The van der Waals surface area contributed by atoms with Gasteiger partial charge in [-0.3, -0.25) is 4.99 Å². The van der Waals surface area contributed by atoms with Crippen molar-refractivity contribution in [1.82, 2.24) is 10.3 Å². The van der Waals surface area contributed by atoms with Gasteiger partial charge in [-0.15, -0.1) is 0 Å². The van der Waals surface area contributed by atoms with Crippen LogP contribution in [-0.2, 0) is 0 Å². The SMILES string of the molecule is COc1ccc(F)c(Cl)c1C(C)Oc1cc(C(C=NC2CCNCC2)=CN)cnc1N. The third-order valence-corrected chi connectivity index (χ3v) is 5.53. The molecule has 9 heteroatoms. The van der Waals surface area contributed by atoms with Crippen molar-refractivity contribution in [3.63, 3.8) is 0 Å². The number of piperidine rings is 1. The third kappa shape index (κ3) is 5.45. The fourth-order valence-corrected chi connectivity index (χ4v) is 3.73. The molecule has 3 rings (SSSR count). The Hall–Kier alpha value is -2.84. The molecule has 1 fully saturated rings. The van der Waals surface area contributed by atoms with Crippen molar-refractivity contribution < 1.29 is 13.9 Å². The van der Waals surface area contributed by atoms with Crippen molar-refractivity contribution in [1.29, 1.82) is 0 Å². The molecule has 1 aliphatic heterocycles. The van der Waals surface area contributed by atoms with Gasteiger partial charge in [-0.05, 0) is 51.1 Å². The number of hydrogen-bond donors (Lipinski definition) is 3. The van der Waals surface area contributed by atoms with Crippen LogP contribution in [0.1, 0.15) is 37.0 Å². The van der Waals surface area contributed by atoms with Crippen LogP contribution in [0, 0.1) is 5.82 Å². The summed E-state index contributed by atoms with van der Waals surface area (Å²) < 4.78 is 25.3. The summed E-state index contributed by atoms with van der Waals surface area (Å²) in [7, 11) is 1.48. The van der Waals surface area contributed by atoms with Gasteiger partial charge in [-0.25, -0.2) is 9.37 Å². The highest BCUT2D eigenvalue weighted by Crippen LogP contribution is 2.37. The van der Waals surface area contributed by atoms with Crippen molar-refractivity contribution in [3.05, 3.63) is 52.6 Å². The number of rotatable bonds is 7. The van der Waals surface area contributed by atoms with Crippen LogP contribution in [-0.4, -0.2) is 37.4 Å². The van der Waals surface area contributed by atoms with Crippen LogP contribution in [0.2, 0.25) is 5.02 Å². The number of nitrogens with two attached hydrogens (primary N) is 2. The molecule has 0 aliphatic carbocycles. The summed E-state index contributed by atoms with van der Waals surface area (Å²) in [4.78, 5) is 8.86. The molecule has 31 heavy (non-hydrogen) atoms. The van der Waals surface area contributed by atoms with Crippen molar-refractivity contribution in [2.45, 2.75) is 31.9 Å². The lowest BCUT2D eigenvalue weighted by molar-refractivity contribution is 0.221. The first-order valence-corrected chi connectivity index (χ1v) is 10.4. The van der Waals surface area contributed by atoms with Gasteiger partial charge in [-0.1, -0.05) is 11.6 Å². The lowest BCUT2D eigenvalue weighted by Gasteiger charge is -2.20. The molecule has 1 aliphatic rings. The van der Waals surface area contributed by atoms with Gasteiger partial charge in [0.15, 0.2) is 11.6 Å². The maximum Gasteiger partial charge on any atom is 0.166 e. The molecule has 1 atom stereocenters. The predicted molar refractivity (Wildman–Crippen MR) is 122 cm³/mol. The van der Waals surface area contributed by atoms with E-state index in [9.17, 15) is 4.39 Å². The van der Waals surface area contributed by atoms with Crippen LogP contribution in [0.5, 0.6) is 11.5 Å². The van der Waals surface area contributed by atoms with Crippen LogP contribution < -0.4 is 26.3 Å². The zero-order chi connectivity index (χ0) is 22.4. The van der Waals surface area contributed by atoms with E-state index in [1.165, 1.54) is 25.4 Å². The number of aliphatic imine (C=N–C) groups is 1. The molecule has 1 aromatic carbocycles. The molecule has 166 valence electrons. The Labute approximate surface area is 186 Å². The molecule has 1 aromatic heterocycles. The first-order valence-electron chi connectivity index (χ1n) is 10.0. The lowest BCUT2D eigenvalue weighted by atomic mass is 10.1. The van der Waals surface area contributed by atoms with Gasteiger partial charge in [0, 0.05) is 29.7 Å². The van der Waals surface area contributed by atoms with Crippen molar-refractivity contribution >= 4 is 29.2 Å². The first-order chi connectivity index (χ1) is 14.9. The molecule has 2 heterocycles. The van der Waals surface area contributed by atoms with Gasteiger partial charge in [0.2, 0.25) is 0 Å². The van der Waals surface area contributed by atoms with Gasteiger partial charge in [0.25, 0.3) is 0 Å². The smallest absolute Gasteiger partial charge is 0.166 e. The molecule has 0 amide bonds. The lowest BCUT2D eigenvalue weighted by Crippen LogP contribution is -2.29. The van der Waals surface area contributed by atoms with Crippen LogP contribution >= 0.6 is 11.6 Å². The van der Waals surface area contributed by atoms with E-state index < -0.39 is 11.9 Å². The van der Waals surface area contributed by atoms with Gasteiger partial charge in [0.05, 0.1) is 23.7 Å². The van der Waals surface area contributed by atoms with Crippen LogP contribution in [0.15, 0.2) is 35.6 Å². The third-order valence-electron chi connectivity index (χ3n) is 5.15. The molecule has 1 unspecified atom stereocenters. The number of pyridine rings is 1. The summed E-state index contributed by atoms with van der Waals surface area (Å²) in [5, 5.41) is 3.25. The number of methoxy groups -OCH3 is 1. The molecule has 0 bridgehead atoms. The Kier molecular flexibility index (Phi) is 7.70. The Morgan fingerprint density at radius 3 is 2.77 bits per heavy atom. The van der Waals surface area contributed by atoms with Crippen LogP contribution in [0.4, 0.5) is 10.2 Å². The number of nitrogens with one attached hydrogen (secondary N) is 1. The normalized spacial score (nSPS) is 16.5. The van der Waals surface area contributed by atoms with E-state index >= 15 is 0 Å². The molecule has 7 nitrogen and oxygen atoms in total. The monoisotopic (exact) mass is 447 g/mol. The van der Waals surface area contributed by atoms with E-state index in [0.29, 0.717) is 28.2 Å². The summed E-state index contributed by atoms with van der Waals surface area (Å²) >= 11 is 6.17. The Morgan fingerprint density at radius 2 is 2.10 bits per heavy atom. The molecule has 2 aromatic rings. The highest BCUT2D eigenvalue weighted by atomic mass is 35.5. The molecule has 1 saturated heterocycles. The Bertz CT molecular complexity index is 977. The van der Waals surface area contributed by atoms with E-state index in [4.69, 9.17) is 32.5 Å². The second-order valence-corrected chi connectivity index (χ2v) is 7.60. The minimum atomic E-state index is -0.647. The summed E-state index contributed by atoms with van der Waals surface area (Å²) in [6, 6.07) is 4.73. The second-order valence-electron chi connectivity index (χ2n) is 7.23. The maximum atomic E-state index is 14.0. The Balaban J connectivity index is 1.84. The molecular weight excluding hydrogens is 421 g/mol. The van der Waals surface area contributed by atoms with Crippen molar-refractivity contribution in [2.24, 2.45) is 10.7 Å². The number of ether oxygens (including phenoxy) is 2. The van der Waals surface area contributed by atoms with Crippen molar-refractivity contribution in [3.8, 4) is 11.5 Å². The van der Waals surface area contributed by atoms with Crippen molar-refractivity contribution in [2.75, 3.05) is 25.9 Å². The minimum absolute atomic E-state index is 0.0637. The van der Waals surface area contributed by atoms with Gasteiger partial charge < -0.3 is 26.3 Å². The average Bonchev–Trinajstić information content (AvgIpc) is 2.78. The Morgan fingerprint density at radius 1 is 1.35 bits per heavy atom. The quantitative estimate of drug-likeness (QED) is 0.558. The van der Waals surface area contributed by atoms with Gasteiger partial charge in [0.1, 0.15) is 17.7 Å². The van der Waals surface area contributed by atoms with E-state index in [2.05, 4.69) is 15.3 Å². The number of anilines is 1. The van der Waals surface area contributed by atoms with E-state index in [1.807, 2.05) is 0 Å². The maximum absolute atomic E-state index is 14.0. The molecule has 0 radical (unpaired) electrons. The summed E-state index contributed by atoms with van der Waals surface area (Å²) in [6.07, 6.45) is 6.15. The zero-order valence-electron chi connectivity index (χ0n) is 17.6. The topological polar surface area (TPSA) is 108 Å². The van der Waals surface area contributed by atoms with Gasteiger partial charge in [-0.2, -0.15) is 0 Å². The van der Waals surface area contributed by atoms with E-state index in [0.717, 1.165) is 25.9 Å². The average molecular weight is 448 g/mol. The molecule has 0 spiro atoms. The number of hydrogen-bond acceptors (Lipinski definition) is 7. The standard InChI is InChI=1S/C22H27ClFN5O2/c1-13(20-18(30-2)4-3-17(24)21(20)23)31-19-9-14(11-29-22(19)26)15(10-25)12-28-16-5-7-27-8-6-16/h3-4,9-13,16,27H,5-8,25H2,1-2H3,(H2,26,29). The van der Waals surface area contributed by atoms with Crippen LogP contribution in [0.3, 0.4) is 0 Å². The van der Waals surface area contributed by atoms with E-state index in [1.54, 1.807) is 25.4 Å². The predicted octanol–water partition coefficient (Wildman–Crippen LogP) is 3.73. The number of nitrogen functional groups attached to an aromatic ring is 1.